The lowest BCUT2D eigenvalue weighted by molar-refractivity contribution is -0.142. The zero-order valence-electron chi connectivity index (χ0n) is 9.35. The van der Waals surface area contributed by atoms with Gasteiger partial charge in [-0.3, -0.25) is 4.79 Å². The van der Waals surface area contributed by atoms with Crippen LogP contribution in [0.3, 0.4) is 0 Å². The summed E-state index contributed by atoms with van der Waals surface area (Å²) >= 11 is 6.90. The summed E-state index contributed by atoms with van der Waals surface area (Å²) in [7, 11) is 0. The number of hydrogen-bond donors (Lipinski definition) is 0. The van der Waals surface area contributed by atoms with Crippen molar-refractivity contribution >= 4 is 37.8 Å². The minimum Gasteiger partial charge on any atom is -0.466 e. The van der Waals surface area contributed by atoms with E-state index in [0.29, 0.717) is 13.0 Å². The van der Waals surface area contributed by atoms with Crippen LogP contribution < -0.4 is 0 Å². The molecule has 1 rings (SSSR count). The minimum absolute atomic E-state index is 0.186. The Balaban J connectivity index is 2.89. The molecule has 16 heavy (non-hydrogen) atoms. The van der Waals surface area contributed by atoms with Crippen molar-refractivity contribution in [2.45, 2.75) is 25.6 Å². The van der Waals surface area contributed by atoms with Crippen molar-refractivity contribution in [3.63, 3.8) is 0 Å². The zero-order valence-corrected chi connectivity index (χ0v) is 12.5. The molecule has 0 N–H and O–H groups in total. The molecule has 0 bridgehead atoms. The average Bonchev–Trinajstić information content (AvgIpc) is 2.23. The molecule has 0 fully saturated rings. The Bertz CT molecular complexity index is 389. The second kappa shape index (κ2) is 6.40. The first-order valence-electron chi connectivity index (χ1n) is 5.08. The van der Waals surface area contributed by atoms with Crippen molar-refractivity contribution in [2.75, 3.05) is 6.61 Å². The Labute approximate surface area is 113 Å². The molecule has 2 nitrogen and oxygen atoms in total. The van der Waals surface area contributed by atoms with Gasteiger partial charge < -0.3 is 4.74 Å². The Morgan fingerprint density at radius 1 is 1.38 bits per heavy atom. The third-order valence-corrected chi connectivity index (χ3v) is 3.63. The van der Waals surface area contributed by atoms with Gasteiger partial charge in [-0.25, -0.2) is 0 Å². The monoisotopic (exact) mass is 348 g/mol. The normalized spacial score (nSPS) is 10.2. The number of ether oxygens (including phenoxy) is 1. The predicted molar refractivity (Wildman–Crippen MR) is 71.8 cm³/mol. The molecule has 1 aromatic carbocycles. The standard InChI is InChI=1S/C12H14Br2O2/c1-3-16-12(15)6-9-4-8(2)10(7-13)5-11(9)14/h4-5H,3,6-7H2,1-2H3. The van der Waals surface area contributed by atoms with Crippen molar-refractivity contribution in [3.8, 4) is 0 Å². The summed E-state index contributed by atoms with van der Waals surface area (Å²) in [5.74, 6) is -0.186. The van der Waals surface area contributed by atoms with Gasteiger partial charge >= 0.3 is 5.97 Å². The van der Waals surface area contributed by atoms with Crippen LogP contribution in [0.2, 0.25) is 0 Å². The highest BCUT2D eigenvalue weighted by atomic mass is 79.9. The average molecular weight is 350 g/mol. The molecule has 0 unspecified atom stereocenters. The number of carbonyl (C=O) groups excluding carboxylic acids is 1. The Hall–Kier alpha value is -0.350. The van der Waals surface area contributed by atoms with Crippen molar-refractivity contribution < 1.29 is 9.53 Å². The Morgan fingerprint density at radius 2 is 2.06 bits per heavy atom. The Morgan fingerprint density at radius 3 is 2.62 bits per heavy atom. The lowest BCUT2D eigenvalue weighted by Crippen LogP contribution is -2.08. The molecule has 0 aromatic heterocycles. The van der Waals surface area contributed by atoms with Crippen molar-refractivity contribution in [1.82, 2.24) is 0 Å². The van der Waals surface area contributed by atoms with E-state index >= 15 is 0 Å². The van der Waals surface area contributed by atoms with E-state index in [2.05, 4.69) is 31.9 Å². The molecule has 1 aromatic rings. The Kier molecular flexibility index (Phi) is 5.49. The van der Waals surface area contributed by atoms with Gasteiger partial charge in [0.15, 0.2) is 0 Å². The fraction of sp³-hybridized carbons (Fsp3) is 0.417. The van der Waals surface area contributed by atoms with E-state index in [9.17, 15) is 4.79 Å². The van der Waals surface area contributed by atoms with Gasteiger partial charge in [-0.15, -0.1) is 0 Å². The van der Waals surface area contributed by atoms with E-state index in [1.807, 2.05) is 26.0 Å². The van der Waals surface area contributed by atoms with Gasteiger partial charge in [0.05, 0.1) is 13.0 Å². The SMILES string of the molecule is CCOC(=O)Cc1cc(C)c(CBr)cc1Br. The van der Waals surface area contributed by atoms with E-state index in [1.165, 1.54) is 11.1 Å². The highest BCUT2D eigenvalue weighted by Crippen LogP contribution is 2.24. The van der Waals surface area contributed by atoms with Crippen LogP contribution in [-0.2, 0) is 21.3 Å². The highest BCUT2D eigenvalue weighted by Gasteiger charge is 2.09. The van der Waals surface area contributed by atoms with Gasteiger partial charge in [-0.05, 0) is 36.6 Å². The molecular weight excluding hydrogens is 336 g/mol. The van der Waals surface area contributed by atoms with Crippen LogP contribution in [0.25, 0.3) is 0 Å². The summed E-state index contributed by atoms with van der Waals surface area (Å²) in [6, 6.07) is 4.07. The topological polar surface area (TPSA) is 26.3 Å². The van der Waals surface area contributed by atoms with E-state index < -0.39 is 0 Å². The van der Waals surface area contributed by atoms with Crippen LogP contribution in [0.15, 0.2) is 16.6 Å². The lowest BCUT2D eigenvalue weighted by Gasteiger charge is -2.09. The molecule has 0 spiro atoms. The first-order chi connectivity index (χ1) is 7.58. The van der Waals surface area contributed by atoms with Crippen LogP contribution in [-0.4, -0.2) is 12.6 Å². The summed E-state index contributed by atoms with van der Waals surface area (Å²) in [4.78, 5) is 11.4. The molecule has 4 heteroatoms. The van der Waals surface area contributed by atoms with Gasteiger partial charge in [0.1, 0.15) is 0 Å². The first kappa shape index (κ1) is 13.7. The second-order valence-electron chi connectivity index (χ2n) is 3.49. The van der Waals surface area contributed by atoms with E-state index in [4.69, 9.17) is 4.74 Å². The third kappa shape index (κ3) is 3.59. The quantitative estimate of drug-likeness (QED) is 0.611. The fourth-order valence-corrected chi connectivity index (χ4v) is 2.56. The van der Waals surface area contributed by atoms with Crippen molar-refractivity contribution in [2.24, 2.45) is 0 Å². The fourth-order valence-electron chi connectivity index (χ4n) is 1.43. The van der Waals surface area contributed by atoms with Crippen molar-refractivity contribution in [3.05, 3.63) is 33.3 Å². The van der Waals surface area contributed by atoms with Crippen LogP contribution in [0.4, 0.5) is 0 Å². The molecule has 0 amide bonds. The molecular formula is C12H14Br2O2. The number of hydrogen-bond acceptors (Lipinski definition) is 2. The third-order valence-electron chi connectivity index (χ3n) is 2.29. The maximum atomic E-state index is 11.4. The van der Waals surface area contributed by atoms with Gasteiger partial charge in [0.2, 0.25) is 0 Å². The summed E-state index contributed by atoms with van der Waals surface area (Å²) < 4.78 is 5.89. The number of benzene rings is 1. The number of rotatable bonds is 4. The molecule has 0 saturated carbocycles. The van der Waals surface area contributed by atoms with Crippen molar-refractivity contribution in [1.29, 1.82) is 0 Å². The highest BCUT2D eigenvalue weighted by molar-refractivity contribution is 9.10. The van der Waals surface area contributed by atoms with Crippen LogP contribution in [0, 0.1) is 6.92 Å². The molecule has 0 aliphatic heterocycles. The molecule has 88 valence electrons. The van der Waals surface area contributed by atoms with Crippen LogP contribution >= 0.6 is 31.9 Å². The maximum absolute atomic E-state index is 11.4. The number of carbonyl (C=O) groups is 1. The molecule has 0 aliphatic rings. The minimum atomic E-state index is -0.186. The molecule has 0 saturated heterocycles. The summed E-state index contributed by atoms with van der Waals surface area (Å²) in [6.07, 6.45) is 0.317. The number of alkyl halides is 1. The maximum Gasteiger partial charge on any atom is 0.310 e. The predicted octanol–water partition coefficient (Wildman–Crippen LogP) is 3.76. The summed E-state index contributed by atoms with van der Waals surface area (Å²) in [5, 5.41) is 0.817. The smallest absolute Gasteiger partial charge is 0.310 e. The first-order valence-corrected chi connectivity index (χ1v) is 6.99. The van der Waals surface area contributed by atoms with E-state index in [-0.39, 0.29) is 5.97 Å². The van der Waals surface area contributed by atoms with Gasteiger partial charge in [-0.2, -0.15) is 0 Å². The molecule has 0 atom stereocenters. The second-order valence-corrected chi connectivity index (χ2v) is 4.90. The van der Waals surface area contributed by atoms with Gasteiger partial charge in [-0.1, -0.05) is 37.9 Å². The van der Waals surface area contributed by atoms with Crippen LogP contribution in [0.1, 0.15) is 23.6 Å². The number of halogens is 2. The van der Waals surface area contributed by atoms with Crippen LogP contribution in [0.5, 0.6) is 0 Å². The largest absolute Gasteiger partial charge is 0.466 e. The van der Waals surface area contributed by atoms with E-state index in [0.717, 1.165) is 15.4 Å². The van der Waals surface area contributed by atoms with E-state index in [1.54, 1.807) is 0 Å². The molecule has 0 radical (unpaired) electrons. The molecule has 0 heterocycles. The van der Waals surface area contributed by atoms with Gasteiger partial charge in [0, 0.05) is 9.80 Å². The summed E-state index contributed by atoms with van der Waals surface area (Å²) in [6.45, 7) is 4.28. The zero-order chi connectivity index (χ0) is 12.1. The molecule has 0 aliphatic carbocycles. The number of aryl methyl sites for hydroxylation is 1. The van der Waals surface area contributed by atoms with Gasteiger partial charge in [0.25, 0.3) is 0 Å². The lowest BCUT2D eigenvalue weighted by atomic mass is 10.0. The summed E-state index contributed by atoms with van der Waals surface area (Å²) in [5.41, 5.74) is 3.37. The number of esters is 1.